The van der Waals surface area contributed by atoms with Gasteiger partial charge in [0, 0.05) is 31.2 Å². The number of carbonyl (C=O) groups excluding carboxylic acids is 2. The number of amides is 2. The fraction of sp³-hybridized carbons (Fsp3) is 0.500. The molecule has 1 aliphatic heterocycles. The smallest absolute Gasteiger partial charge is 0.234 e. The monoisotopic (exact) mass is 289 g/mol. The van der Waals surface area contributed by atoms with Crippen LogP contribution in [0.25, 0.3) is 0 Å². The lowest BCUT2D eigenvalue weighted by atomic mass is 10.2. The Kier molecular flexibility index (Phi) is 5.33. The molecule has 1 saturated heterocycles. The fourth-order valence-corrected chi connectivity index (χ4v) is 2.27. The van der Waals surface area contributed by atoms with E-state index < -0.39 is 0 Å². The van der Waals surface area contributed by atoms with E-state index in [2.05, 4.69) is 10.6 Å². The largest absolute Gasteiger partial charge is 0.351 e. The van der Waals surface area contributed by atoms with Gasteiger partial charge in [-0.15, -0.1) is 0 Å². The molecule has 2 N–H and O–H groups in total. The van der Waals surface area contributed by atoms with Crippen molar-refractivity contribution in [3.63, 3.8) is 0 Å². The summed E-state index contributed by atoms with van der Waals surface area (Å²) in [6, 6.07) is 8.09. The van der Waals surface area contributed by atoms with Gasteiger partial charge in [-0.2, -0.15) is 0 Å². The Hall–Kier alpha value is -1.88. The number of benzene rings is 1. The number of rotatable bonds is 6. The minimum Gasteiger partial charge on any atom is -0.351 e. The molecule has 0 unspecified atom stereocenters. The minimum absolute atomic E-state index is 0.0116. The van der Waals surface area contributed by atoms with Crippen molar-refractivity contribution in [3.05, 3.63) is 29.8 Å². The number of hydrogen-bond donors (Lipinski definition) is 2. The maximum atomic E-state index is 11.7. The maximum absolute atomic E-state index is 11.7. The van der Waals surface area contributed by atoms with Crippen molar-refractivity contribution in [2.75, 3.05) is 18.0 Å². The molecule has 5 heteroatoms. The average molecular weight is 289 g/mol. The van der Waals surface area contributed by atoms with Crippen LogP contribution in [-0.4, -0.2) is 30.9 Å². The van der Waals surface area contributed by atoms with E-state index in [1.165, 1.54) is 0 Å². The van der Waals surface area contributed by atoms with Crippen LogP contribution in [0.15, 0.2) is 24.3 Å². The topological polar surface area (TPSA) is 61.4 Å². The lowest BCUT2D eigenvalue weighted by Crippen LogP contribution is -2.36. The van der Waals surface area contributed by atoms with Gasteiger partial charge in [0.1, 0.15) is 0 Å². The predicted octanol–water partition coefficient (Wildman–Crippen LogP) is 1.43. The highest BCUT2D eigenvalue weighted by molar-refractivity contribution is 5.95. The molecule has 0 aliphatic carbocycles. The SMILES string of the molecule is CC(C)NCC(=O)NCc1ccc(N2CCCC2=O)cc1. The first kappa shape index (κ1) is 15.5. The summed E-state index contributed by atoms with van der Waals surface area (Å²) in [6.07, 6.45) is 1.57. The zero-order valence-corrected chi connectivity index (χ0v) is 12.7. The minimum atomic E-state index is -0.0116. The molecule has 1 fully saturated rings. The molecule has 5 nitrogen and oxygen atoms in total. The highest BCUT2D eigenvalue weighted by Crippen LogP contribution is 2.21. The van der Waals surface area contributed by atoms with Crippen LogP contribution >= 0.6 is 0 Å². The molecule has 0 aromatic heterocycles. The zero-order valence-electron chi connectivity index (χ0n) is 12.7. The van der Waals surface area contributed by atoms with Crippen LogP contribution in [0.2, 0.25) is 0 Å². The van der Waals surface area contributed by atoms with E-state index in [4.69, 9.17) is 0 Å². The zero-order chi connectivity index (χ0) is 15.2. The van der Waals surface area contributed by atoms with E-state index in [1.807, 2.05) is 43.0 Å². The molecule has 0 radical (unpaired) electrons. The lowest BCUT2D eigenvalue weighted by Gasteiger charge is -2.16. The number of nitrogens with zero attached hydrogens (tertiary/aromatic N) is 1. The van der Waals surface area contributed by atoms with Crippen LogP contribution in [0, 0.1) is 0 Å². The van der Waals surface area contributed by atoms with Crippen molar-refractivity contribution in [1.82, 2.24) is 10.6 Å². The predicted molar refractivity (Wildman–Crippen MR) is 83.0 cm³/mol. The summed E-state index contributed by atoms with van der Waals surface area (Å²) in [5, 5.41) is 5.95. The van der Waals surface area contributed by atoms with Crippen LogP contribution in [0.3, 0.4) is 0 Å². The van der Waals surface area contributed by atoms with Crippen molar-refractivity contribution >= 4 is 17.5 Å². The normalized spacial score (nSPS) is 14.8. The fourth-order valence-electron chi connectivity index (χ4n) is 2.27. The molecule has 2 amide bonds. The van der Waals surface area contributed by atoms with E-state index in [0.29, 0.717) is 25.6 Å². The summed E-state index contributed by atoms with van der Waals surface area (Å²) in [5.74, 6) is 0.179. The van der Waals surface area contributed by atoms with Gasteiger partial charge in [-0.05, 0) is 24.1 Å². The second-order valence-corrected chi connectivity index (χ2v) is 5.63. The third-order valence-electron chi connectivity index (χ3n) is 3.48. The number of nitrogens with one attached hydrogen (secondary N) is 2. The lowest BCUT2D eigenvalue weighted by molar-refractivity contribution is -0.120. The van der Waals surface area contributed by atoms with Crippen LogP contribution in [0.4, 0.5) is 5.69 Å². The first-order valence-electron chi connectivity index (χ1n) is 7.45. The van der Waals surface area contributed by atoms with E-state index in [0.717, 1.165) is 24.2 Å². The van der Waals surface area contributed by atoms with Gasteiger partial charge in [-0.1, -0.05) is 26.0 Å². The summed E-state index contributed by atoms with van der Waals surface area (Å²) in [5.41, 5.74) is 1.97. The molecule has 1 aliphatic rings. The summed E-state index contributed by atoms with van der Waals surface area (Å²) in [4.78, 5) is 25.1. The van der Waals surface area contributed by atoms with Gasteiger partial charge in [0.25, 0.3) is 0 Å². The van der Waals surface area contributed by atoms with Gasteiger partial charge >= 0.3 is 0 Å². The summed E-state index contributed by atoms with van der Waals surface area (Å²) < 4.78 is 0. The van der Waals surface area contributed by atoms with E-state index in [-0.39, 0.29) is 11.8 Å². The molecular weight excluding hydrogens is 266 g/mol. The van der Waals surface area contributed by atoms with Gasteiger partial charge in [0.15, 0.2) is 0 Å². The molecule has 0 atom stereocenters. The Bertz CT molecular complexity index is 497. The average Bonchev–Trinajstić information content (AvgIpc) is 2.89. The molecule has 0 spiro atoms. The van der Waals surface area contributed by atoms with Crippen LogP contribution in [0.5, 0.6) is 0 Å². The standard InChI is InChI=1S/C16H23N3O2/c1-12(2)17-11-15(20)18-10-13-5-7-14(8-6-13)19-9-3-4-16(19)21/h5-8,12,17H,3-4,9-11H2,1-2H3,(H,18,20). The number of hydrogen-bond acceptors (Lipinski definition) is 3. The Morgan fingerprint density at radius 1 is 1.29 bits per heavy atom. The molecule has 1 heterocycles. The Labute approximate surface area is 125 Å². The second kappa shape index (κ2) is 7.22. The van der Waals surface area contributed by atoms with Gasteiger partial charge in [-0.3, -0.25) is 9.59 Å². The number of anilines is 1. The molecule has 0 bridgehead atoms. The van der Waals surface area contributed by atoms with Gasteiger partial charge in [-0.25, -0.2) is 0 Å². The molecule has 1 aromatic carbocycles. The molecule has 21 heavy (non-hydrogen) atoms. The first-order valence-corrected chi connectivity index (χ1v) is 7.45. The summed E-state index contributed by atoms with van der Waals surface area (Å²) in [7, 11) is 0. The van der Waals surface area contributed by atoms with Gasteiger partial charge in [0.2, 0.25) is 11.8 Å². The quantitative estimate of drug-likeness (QED) is 0.833. The second-order valence-electron chi connectivity index (χ2n) is 5.63. The molecule has 114 valence electrons. The van der Waals surface area contributed by atoms with Gasteiger partial charge in [0.05, 0.1) is 6.54 Å². The Morgan fingerprint density at radius 3 is 2.57 bits per heavy atom. The molecule has 1 aromatic rings. The van der Waals surface area contributed by atoms with E-state index in [9.17, 15) is 9.59 Å². The van der Waals surface area contributed by atoms with Crippen molar-refractivity contribution in [2.24, 2.45) is 0 Å². The van der Waals surface area contributed by atoms with Crippen molar-refractivity contribution in [2.45, 2.75) is 39.3 Å². The molecule has 2 rings (SSSR count). The third-order valence-corrected chi connectivity index (χ3v) is 3.48. The molecule has 0 saturated carbocycles. The van der Waals surface area contributed by atoms with Crippen molar-refractivity contribution in [3.8, 4) is 0 Å². The van der Waals surface area contributed by atoms with E-state index >= 15 is 0 Å². The first-order chi connectivity index (χ1) is 10.1. The van der Waals surface area contributed by atoms with Crippen LogP contribution in [0.1, 0.15) is 32.3 Å². The van der Waals surface area contributed by atoms with Crippen LogP contribution < -0.4 is 15.5 Å². The van der Waals surface area contributed by atoms with E-state index in [1.54, 1.807) is 0 Å². The highest BCUT2D eigenvalue weighted by Gasteiger charge is 2.21. The van der Waals surface area contributed by atoms with Crippen molar-refractivity contribution < 1.29 is 9.59 Å². The van der Waals surface area contributed by atoms with Gasteiger partial charge < -0.3 is 15.5 Å². The Balaban J connectivity index is 1.82. The van der Waals surface area contributed by atoms with Crippen LogP contribution in [-0.2, 0) is 16.1 Å². The summed E-state index contributed by atoms with van der Waals surface area (Å²) in [6.45, 7) is 5.65. The summed E-state index contributed by atoms with van der Waals surface area (Å²) >= 11 is 0. The Morgan fingerprint density at radius 2 is 2.00 bits per heavy atom. The molecular formula is C16H23N3O2. The highest BCUT2D eigenvalue weighted by atomic mass is 16.2. The number of carbonyl (C=O) groups is 2. The third kappa shape index (κ3) is 4.56. The maximum Gasteiger partial charge on any atom is 0.234 e. The van der Waals surface area contributed by atoms with Crippen molar-refractivity contribution in [1.29, 1.82) is 0 Å².